The molecule has 1 aliphatic carbocycles. The van der Waals surface area contributed by atoms with Crippen LogP contribution in [0.5, 0.6) is 0 Å². The third kappa shape index (κ3) is 4.72. The molecule has 1 fully saturated rings. The second kappa shape index (κ2) is 8.00. The molecule has 5 heteroatoms. The molecule has 0 radical (unpaired) electrons. The Kier molecular flexibility index (Phi) is 6.02. The van der Waals surface area contributed by atoms with Crippen LogP contribution in [0.4, 0.5) is 0 Å². The summed E-state index contributed by atoms with van der Waals surface area (Å²) in [7, 11) is 0. The van der Waals surface area contributed by atoms with Gasteiger partial charge in [-0.25, -0.2) is 0 Å². The molecule has 0 aliphatic heterocycles. The van der Waals surface area contributed by atoms with E-state index < -0.39 is 0 Å². The number of hydrogen-bond acceptors (Lipinski definition) is 4. The standard InChI is InChI=1S/C16H25N3O2/c17-16(19-21)15(13-6-2-1-3-7-13)11-18-10-12-5-4-8-14(20)9-12/h1-3,6-7,12,14-15,18,20-21H,4-5,8-11H2,(H2,17,19). The predicted molar refractivity (Wildman–Crippen MR) is 83.4 cm³/mol. The average Bonchev–Trinajstić information content (AvgIpc) is 2.52. The van der Waals surface area contributed by atoms with E-state index in [1.54, 1.807) is 0 Å². The monoisotopic (exact) mass is 291 g/mol. The number of amidine groups is 1. The third-order valence-electron chi connectivity index (χ3n) is 4.21. The molecule has 0 heterocycles. The lowest BCUT2D eigenvalue weighted by Crippen LogP contribution is -2.35. The molecule has 116 valence electrons. The van der Waals surface area contributed by atoms with Crippen molar-refractivity contribution in [1.82, 2.24) is 5.32 Å². The van der Waals surface area contributed by atoms with Gasteiger partial charge in [-0.15, -0.1) is 0 Å². The molecule has 0 amide bonds. The summed E-state index contributed by atoms with van der Waals surface area (Å²) in [6.07, 6.45) is 3.89. The lowest BCUT2D eigenvalue weighted by atomic mass is 9.87. The van der Waals surface area contributed by atoms with Gasteiger partial charge in [0.1, 0.15) is 5.84 Å². The highest BCUT2D eigenvalue weighted by Gasteiger charge is 2.21. The van der Waals surface area contributed by atoms with E-state index in [1.807, 2.05) is 30.3 Å². The first-order valence-electron chi connectivity index (χ1n) is 7.62. The second-order valence-electron chi connectivity index (χ2n) is 5.83. The van der Waals surface area contributed by atoms with Crippen LogP contribution in [-0.4, -0.2) is 35.3 Å². The average molecular weight is 291 g/mol. The third-order valence-corrected chi connectivity index (χ3v) is 4.21. The number of nitrogens with one attached hydrogen (secondary N) is 1. The summed E-state index contributed by atoms with van der Waals surface area (Å²) in [4.78, 5) is 0. The van der Waals surface area contributed by atoms with Gasteiger partial charge in [0, 0.05) is 6.54 Å². The van der Waals surface area contributed by atoms with Crippen LogP contribution in [0.15, 0.2) is 35.5 Å². The summed E-state index contributed by atoms with van der Waals surface area (Å²) in [5, 5.41) is 25.2. The van der Waals surface area contributed by atoms with Crippen LogP contribution >= 0.6 is 0 Å². The smallest absolute Gasteiger partial charge is 0.147 e. The van der Waals surface area contributed by atoms with Crippen LogP contribution in [-0.2, 0) is 0 Å². The van der Waals surface area contributed by atoms with Gasteiger partial charge in [-0.2, -0.15) is 0 Å². The fraction of sp³-hybridized carbons (Fsp3) is 0.562. The largest absolute Gasteiger partial charge is 0.409 e. The van der Waals surface area contributed by atoms with Crippen molar-refractivity contribution in [2.75, 3.05) is 13.1 Å². The van der Waals surface area contributed by atoms with Crippen LogP contribution in [0.25, 0.3) is 0 Å². The van der Waals surface area contributed by atoms with Crippen molar-refractivity contribution in [2.45, 2.75) is 37.7 Å². The molecule has 0 bridgehead atoms. The highest BCUT2D eigenvalue weighted by atomic mass is 16.4. The maximum atomic E-state index is 9.69. The van der Waals surface area contributed by atoms with Gasteiger partial charge in [0.25, 0.3) is 0 Å². The first-order valence-corrected chi connectivity index (χ1v) is 7.62. The topological polar surface area (TPSA) is 90.9 Å². The first kappa shape index (κ1) is 15.8. The SMILES string of the molecule is N/C(=N/O)C(CNCC1CCCC(O)C1)c1ccccc1. The Labute approximate surface area is 125 Å². The van der Waals surface area contributed by atoms with Crippen LogP contribution in [0, 0.1) is 5.92 Å². The van der Waals surface area contributed by atoms with E-state index >= 15 is 0 Å². The van der Waals surface area contributed by atoms with E-state index in [1.165, 1.54) is 0 Å². The van der Waals surface area contributed by atoms with Gasteiger partial charge in [-0.3, -0.25) is 0 Å². The van der Waals surface area contributed by atoms with Crippen molar-refractivity contribution in [3.05, 3.63) is 35.9 Å². The molecule has 3 unspecified atom stereocenters. The summed E-state index contributed by atoms with van der Waals surface area (Å²) < 4.78 is 0. The maximum absolute atomic E-state index is 9.69. The molecule has 1 aromatic carbocycles. The first-order chi connectivity index (χ1) is 10.2. The van der Waals surface area contributed by atoms with E-state index in [0.29, 0.717) is 12.5 Å². The van der Waals surface area contributed by atoms with Gasteiger partial charge in [0.2, 0.25) is 0 Å². The normalized spacial score (nSPS) is 24.7. The number of nitrogens with zero attached hydrogens (tertiary/aromatic N) is 1. The lowest BCUT2D eigenvalue weighted by Gasteiger charge is -2.27. The minimum absolute atomic E-state index is 0.135. The van der Waals surface area contributed by atoms with Crippen LogP contribution < -0.4 is 11.1 Å². The Balaban J connectivity index is 1.88. The Bertz CT molecular complexity index is 450. The van der Waals surface area contributed by atoms with Gasteiger partial charge < -0.3 is 21.4 Å². The summed E-state index contributed by atoms with van der Waals surface area (Å²) >= 11 is 0. The fourth-order valence-electron chi connectivity index (χ4n) is 3.03. The second-order valence-corrected chi connectivity index (χ2v) is 5.83. The number of hydrogen-bond donors (Lipinski definition) is 4. The molecule has 5 nitrogen and oxygen atoms in total. The molecule has 21 heavy (non-hydrogen) atoms. The number of oxime groups is 1. The zero-order valence-electron chi connectivity index (χ0n) is 12.3. The van der Waals surface area contributed by atoms with Crippen molar-refractivity contribution in [3.63, 3.8) is 0 Å². The molecule has 0 saturated heterocycles. The zero-order chi connectivity index (χ0) is 15.1. The molecule has 0 spiro atoms. The Hall–Kier alpha value is -1.59. The number of benzene rings is 1. The van der Waals surface area contributed by atoms with E-state index in [-0.39, 0.29) is 17.9 Å². The van der Waals surface area contributed by atoms with Crippen LogP contribution in [0.2, 0.25) is 0 Å². The number of nitrogens with two attached hydrogens (primary N) is 1. The Morgan fingerprint density at radius 3 is 2.76 bits per heavy atom. The summed E-state index contributed by atoms with van der Waals surface area (Å²) in [5.41, 5.74) is 6.84. The van der Waals surface area contributed by atoms with E-state index in [2.05, 4.69) is 10.5 Å². The highest BCUT2D eigenvalue weighted by Crippen LogP contribution is 2.23. The van der Waals surface area contributed by atoms with Crippen molar-refractivity contribution in [2.24, 2.45) is 16.8 Å². The van der Waals surface area contributed by atoms with Crippen LogP contribution in [0.1, 0.15) is 37.2 Å². The van der Waals surface area contributed by atoms with E-state index in [0.717, 1.165) is 37.8 Å². The minimum atomic E-state index is -0.153. The summed E-state index contributed by atoms with van der Waals surface area (Å²) in [6, 6.07) is 9.81. The van der Waals surface area contributed by atoms with Gasteiger partial charge in [-0.05, 0) is 37.3 Å². The molecular weight excluding hydrogens is 266 g/mol. The van der Waals surface area contributed by atoms with Crippen molar-refractivity contribution in [1.29, 1.82) is 0 Å². The lowest BCUT2D eigenvalue weighted by molar-refractivity contribution is 0.101. The quantitative estimate of drug-likeness (QED) is 0.278. The molecule has 2 rings (SSSR count). The van der Waals surface area contributed by atoms with E-state index in [4.69, 9.17) is 10.9 Å². The van der Waals surface area contributed by atoms with Crippen molar-refractivity contribution >= 4 is 5.84 Å². The van der Waals surface area contributed by atoms with Crippen molar-refractivity contribution in [3.8, 4) is 0 Å². The van der Waals surface area contributed by atoms with Gasteiger partial charge >= 0.3 is 0 Å². The van der Waals surface area contributed by atoms with Gasteiger partial charge in [0.05, 0.1) is 12.0 Å². The van der Waals surface area contributed by atoms with Gasteiger partial charge in [-0.1, -0.05) is 41.9 Å². The number of rotatable bonds is 6. The van der Waals surface area contributed by atoms with E-state index in [9.17, 15) is 5.11 Å². The van der Waals surface area contributed by atoms with Crippen LogP contribution in [0.3, 0.4) is 0 Å². The number of aliphatic hydroxyl groups excluding tert-OH is 1. The summed E-state index contributed by atoms with van der Waals surface area (Å²) in [6.45, 7) is 1.49. The van der Waals surface area contributed by atoms with Gasteiger partial charge in [0.15, 0.2) is 0 Å². The molecule has 1 aromatic rings. The molecular formula is C16H25N3O2. The zero-order valence-corrected chi connectivity index (χ0v) is 12.3. The highest BCUT2D eigenvalue weighted by molar-refractivity contribution is 5.87. The molecule has 5 N–H and O–H groups in total. The number of aliphatic hydroxyl groups is 1. The molecule has 0 aromatic heterocycles. The maximum Gasteiger partial charge on any atom is 0.147 e. The molecule has 3 atom stereocenters. The van der Waals surface area contributed by atoms with Crippen molar-refractivity contribution < 1.29 is 10.3 Å². The minimum Gasteiger partial charge on any atom is -0.409 e. The molecule has 1 aliphatic rings. The predicted octanol–water partition coefficient (Wildman–Crippen LogP) is 1.66. The molecule has 1 saturated carbocycles. The summed E-state index contributed by atoms with van der Waals surface area (Å²) in [5.74, 6) is 0.597. The Morgan fingerprint density at radius 2 is 2.10 bits per heavy atom. The Morgan fingerprint density at radius 1 is 1.33 bits per heavy atom. The fourth-order valence-corrected chi connectivity index (χ4v) is 3.03.